The van der Waals surface area contributed by atoms with Crippen molar-refractivity contribution in [1.29, 1.82) is 0 Å². The number of hydrogen-bond donors (Lipinski definition) is 2. The fourth-order valence-corrected chi connectivity index (χ4v) is 2.67. The Kier molecular flexibility index (Phi) is 4.53. The Hall–Kier alpha value is -1.16. The predicted molar refractivity (Wildman–Crippen MR) is 77.2 cm³/mol. The Labute approximate surface area is 113 Å². The van der Waals surface area contributed by atoms with Gasteiger partial charge in [-0.25, -0.2) is 4.39 Å². The number of thiocarbonyl (C=S) groups is 1. The van der Waals surface area contributed by atoms with Crippen LogP contribution < -0.4 is 10.6 Å². The van der Waals surface area contributed by atoms with E-state index in [0.29, 0.717) is 17.1 Å². The summed E-state index contributed by atoms with van der Waals surface area (Å²) in [6, 6.07) is 6.68. The molecule has 0 aliphatic heterocycles. The minimum atomic E-state index is -0.236. The molecular formula is C14H19FN2S. The molecule has 1 aliphatic rings. The molecular weight excluding hydrogens is 247 g/mol. The lowest BCUT2D eigenvalue weighted by Gasteiger charge is -2.30. The summed E-state index contributed by atoms with van der Waals surface area (Å²) in [5.74, 6) is 0.423. The van der Waals surface area contributed by atoms with Crippen LogP contribution in [-0.4, -0.2) is 11.2 Å². The Morgan fingerprint density at radius 1 is 1.22 bits per heavy atom. The largest absolute Gasteiger partial charge is 0.359 e. The van der Waals surface area contributed by atoms with E-state index in [1.807, 2.05) is 0 Å². The van der Waals surface area contributed by atoms with Gasteiger partial charge in [0.25, 0.3) is 0 Å². The van der Waals surface area contributed by atoms with Crippen molar-refractivity contribution in [2.24, 2.45) is 5.92 Å². The van der Waals surface area contributed by atoms with Crippen LogP contribution in [0.3, 0.4) is 0 Å². The van der Waals surface area contributed by atoms with Crippen molar-refractivity contribution in [3.8, 4) is 0 Å². The first-order valence-corrected chi connectivity index (χ1v) is 6.89. The third kappa shape index (κ3) is 3.67. The molecule has 1 aromatic carbocycles. The highest BCUT2D eigenvalue weighted by atomic mass is 32.1. The maximum absolute atomic E-state index is 12.8. The molecule has 2 rings (SSSR count). The zero-order valence-corrected chi connectivity index (χ0v) is 11.4. The van der Waals surface area contributed by atoms with E-state index in [4.69, 9.17) is 12.2 Å². The number of hydrogen-bond acceptors (Lipinski definition) is 1. The van der Waals surface area contributed by atoms with Gasteiger partial charge < -0.3 is 10.6 Å². The molecule has 0 amide bonds. The van der Waals surface area contributed by atoms with Crippen molar-refractivity contribution >= 4 is 23.0 Å². The minimum Gasteiger partial charge on any atom is -0.359 e. The summed E-state index contributed by atoms with van der Waals surface area (Å²) in [7, 11) is 0. The van der Waals surface area contributed by atoms with Crippen molar-refractivity contribution in [3.63, 3.8) is 0 Å². The van der Waals surface area contributed by atoms with Gasteiger partial charge in [-0.3, -0.25) is 0 Å². The van der Waals surface area contributed by atoms with E-state index in [9.17, 15) is 4.39 Å². The van der Waals surface area contributed by atoms with E-state index < -0.39 is 0 Å². The molecule has 0 aromatic heterocycles. The molecule has 0 heterocycles. The highest BCUT2D eigenvalue weighted by molar-refractivity contribution is 7.80. The molecule has 0 radical (unpaired) electrons. The third-order valence-corrected chi connectivity index (χ3v) is 3.75. The molecule has 0 spiro atoms. The molecule has 1 aliphatic carbocycles. The molecule has 98 valence electrons. The highest BCUT2D eigenvalue weighted by Crippen LogP contribution is 2.23. The Bertz CT molecular complexity index is 405. The van der Waals surface area contributed by atoms with Crippen LogP contribution in [0.4, 0.5) is 10.1 Å². The van der Waals surface area contributed by atoms with Gasteiger partial charge in [0.15, 0.2) is 5.11 Å². The summed E-state index contributed by atoms with van der Waals surface area (Å²) in [4.78, 5) is 0. The van der Waals surface area contributed by atoms with Crippen LogP contribution in [0.5, 0.6) is 0 Å². The minimum absolute atomic E-state index is 0.236. The molecule has 0 bridgehead atoms. The molecule has 1 aromatic rings. The highest BCUT2D eigenvalue weighted by Gasteiger charge is 2.21. The van der Waals surface area contributed by atoms with E-state index in [0.717, 1.165) is 5.69 Å². The fraction of sp³-hybridized carbons (Fsp3) is 0.500. The molecule has 4 heteroatoms. The van der Waals surface area contributed by atoms with Crippen molar-refractivity contribution < 1.29 is 4.39 Å². The van der Waals surface area contributed by atoms with Gasteiger partial charge in [0.2, 0.25) is 0 Å². The lowest BCUT2D eigenvalue weighted by Crippen LogP contribution is -2.43. The van der Waals surface area contributed by atoms with Crippen LogP contribution >= 0.6 is 12.2 Å². The third-order valence-electron chi connectivity index (χ3n) is 3.53. The van der Waals surface area contributed by atoms with E-state index in [1.165, 1.54) is 37.8 Å². The molecule has 0 unspecified atom stereocenters. The van der Waals surface area contributed by atoms with Crippen LogP contribution in [0, 0.1) is 11.7 Å². The van der Waals surface area contributed by atoms with Gasteiger partial charge >= 0.3 is 0 Å². The van der Waals surface area contributed by atoms with Gasteiger partial charge in [-0.2, -0.15) is 0 Å². The maximum atomic E-state index is 12.8. The van der Waals surface area contributed by atoms with Crippen LogP contribution in [0.1, 0.15) is 32.6 Å². The lowest BCUT2D eigenvalue weighted by molar-refractivity contribution is 0.309. The predicted octanol–water partition coefficient (Wildman–Crippen LogP) is 3.69. The number of anilines is 1. The number of rotatable bonds is 2. The second kappa shape index (κ2) is 6.14. The quantitative estimate of drug-likeness (QED) is 0.798. The van der Waals surface area contributed by atoms with Crippen LogP contribution in [-0.2, 0) is 0 Å². The van der Waals surface area contributed by atoms with Crippen molar-refractivity contribution in [3.05, 3.63) is 30.1 Å². The van der Waals surface area contributed by atoms with Gasteiger partial charge in [-0.1, -0.05) is 19.8 Å². The Balaban J connectivity index is 1.86. The van der Waals surface area contributed by atoms with E-state index in [2.05, 4.69) is 17.6 Å². The average Bonchev–Trinajstić information content (AvgIpc) is 2.35. The van der Waals surface area contributed by atoms with Crippen LogP contribution in [0.15, 0.2) is 24.3 Å². The second-order valence-electron chi connectivity index (χ2n) is 4.97. The smallest absolute Gasteiger partial charge is 0.171 e. The SMILES string of the molecule is C[C@H]1CCCC[C@H]1NC(=S)Nc1ccc(F)cc1. The van der Waals surface area contributed by atoms with Crippen molar-refractivity contribution in [2.45, 2.75) is 38.6 Å². The summed E-state index contributed by atoms with van der Waals surface area (Å²) in [6.45, 7) is 2.26. The molecule has 1 fully saturated rings. The van der Waals surface area contributed by atoms with Gasteiger partial charge in [-0.15, -0.1) is 0 Å². The number of halogens is 1. The molecule has 2 N–H and O–H groups in total. The first-order valence-electron chi connectivity index (χ1n) is 6.48. The Morgan fingerprint density at radius 2 is 1.89 bits per heavy atom. The van der Waals surface area contributed by atoms with Crippen LogP contribution in [0.2, 0.25) is 0 Å². The van der Waals surface area contributed by atoms with E-state index in [1.54, 1.807) is 12.1 Å². The number of nitrogens with one attached hydrogen (secondary N) is 2. The van der Waals surface area contributed by atoms with Crippen LogP contribution in [0.25, 0.3) is 0 Å². The normalized spacial score (nSPS) is 23.4. The Morgan fingerprint density at radius 3 is 2.56 bits per heavy atom. The first kappa shape index (κ1) is 13.3. The van der Waals surface area contributed by atoms with Gasteiger partial charge in [-0.05, 0) is 55.2 Å². The lowest BCUT2D eigenvalue weighted by atomic mass is 9.86. The number of benzene rings is 1. The maximum Gasteiger partial charge on any atom is 0.171 e. The molecule has 18 heavy (non-hydrogen) atoms. The molecule has 1 saturated carbocycles. The van der Waals surface area contributed by atoms with E-state index >= 15 is 0 Å². The standard InChI is InChI=1S/C14H19FN2S/c1-10-4-2-3-5-13(10)17-14(18)16-12-8-6-11(15)7-9-12/h6-10,13H,2-5H2,1H3,(H2,16,17,18)/t10-,13+/m0/s1. The summed E-state index contributed by atoms with van der Waals surface area (Å²) < 4.78 is 12.8. The molecule has 2 atom stereocenters. The second-order valence-corrected chi connectivity index (χ2v) is 5.38. The first-order chi connectivity index (χ1) is 8.65. The van der Waals surface area contributed by atoms with Crippen molar-refractivity contribution in [2.75, 3.05) is 5.32 Å². The summed E-state index contributed by atoms with van der Waals surface area (Å²) in [5, 5.41) is 7.07. The van der Waals surface area contributed by atoms with Gasteiger partial charge in [0.05, 0.1) is 0 Å². The van der Waals surface area contributed by atoms with E-state index in [-0.39, 0.29) is 5.82 Å². The van der Waals surface area contributed by atoms with Gasteiger partial charge in [0, 0.05) is 11.7 Å². The monoisotopic (exact) mass is 266 g/mol. The molecule has 2 nitrogen and oxygen atoms in total. The van der Waals surface area contributed by atoms with Gasteiger partial charge in [0.1, 0.15) is 5.82 Å². The average molecular weight is 266 g/mol. The fourth-order valence-electron chi connectivity index (χ4n) is 2.40. The summed E-state index contributed by atoms with van der Waals surface area (Å²) >= 11 is 5.29. The zero-order chi connectivity index (χ0) is 13.0. The summed E-state index contributed by atoms with van der Waals surface area (Å²) in [5.41, 5.74) is 0.817. The zero-order valence-electron chi connectivity index (χ0n) is 10.6. The summed E-state index contributed by atoms with van der Waals surface area (Å²) in [6.07, 6.45) is 5.02. The topological polar surface area (TPSA) is 24.1 Å². The molecule has 0 saturated heterocycles. The van der Waals surface area contributed by atoms with Crippen molar-refractivity contribution in [1.82, 2.24) is 5.32 Å².